The highest BCUT2D eigenvalue weighted by molar-refractivity contribution is 7.80. The van der Waals surface area contributed by atoms with Gasteiger partial charge in [-0.05, 0) is 30.7 Å². The fourth-order valence-corrected chi connectivity index (χ4v) is 4.08. The summed E-state index contributed by atoms with van der Waals surface area (Å²) in [6, 6.07) is 16.9. The van der Waals surface area contributed by atoms with Crippen molar-refractivity contribution in [2.45, 2.75) is 13.0 Å². The molecule has 1 unspecified atom stereocenters. The maximum Gasteiger partial charge on any atom is 0.271 e. The van der Waals surface area contributed by atoms with Gasteiger partial charge in [-0.25, -0.2) is 0 Å². The van der Waals surface area contributed by atoms with Crippen molar-refractivity contribution in [3.05, 3.63) is 76.2 Å². The van der Waals surface area contributed by atoms with Crippen LogP contribution in [0.4, 0.5) is 0 Å². The summed E-state index contributed by atoms with van der Waals surface area (Å²) in [5, 5.41) is 3.12. The van der Waals surface area contributed by atoms with Gasteiger partial charge in [0.2, 0.25) is 5.78 Å². The Kier molecular flexibility index (Phi) is 6.14. The van der Waals surface area contributed by atoms with Crippen LogP contribution >= 0.6 is 35.2 Å². The highest BCUT2D eigenvalue weighted by Crippen LogP contribution is 2.25. The Morgan fingerprint density at radius 2 is 1.88 bits per heavy atom. The van der Waals surface area contributed by atoms with Crippen LogP contribution in [0.3, 0.4) is 0 Å². The Hall–Kier alpha value is -2.08. The number of thiophene rings is 1. The fraction of sp³-hybridized carbons (Fsp3) is 0.150. The van der Waals surface area contributed by atoms with E-state index in [1.165, 1.54) is 11.3 Å². The number of rotatable bonds is 6. The number of halogens is 1. The van der Waals surface area contributed by atoms with Crippen LogP contribution in [0.5, 0.6) is 0 Å². The third kappa shape index (κ3) is 4.18. The number of nitrogens with zero attached hydrogens (tertiary/aromatic N) is 1. The lowest BCUT2D eigenvalue weighted by atomic mass is 10.1. The summed E-state index contributed by atoms with van der Waals surface area (Å²) in [6.45, 7) is 2.62. The molecule has 3 nitrogen and oxygen atoms in total. The summed E-state index contributed by atoms with van der Waals surface area (Å²) >= 11 is 12.8. The van der Waals surface area contributed by atoms with Crippen LogP contribution in [0.1, 0.15) is 22.6 Å². The van der Waals surface area contributed by atoms with Crippen LogP contribution in [-0.2, 0) is 0 Å². The molecule has 3 rings (SSSR count). The normalized spacial score (nSPS) is 11.8. The smallest absolute Gasteiger partial charge is 0.271 e. The topological polar surface area (TPSA) is 33.0 Å². The number of likely N-dealkylation sites (N-methyl/N-ethyl adjacent to an activating group) is 1. The Labute approximate surface area is 167 Å². The zero-order valence-electron chi connectivity index (χ0n) is 14.2. The molecule has 0 amide bonds. The maximum atomic E-state index is 13.1. The lowest BCUT2D eigenvalue weighted by molar-refractivity contribution is -0.691. The molecule has 0 saturated carbocycles. The number of hydrogen-bond donors (Lipinski definition) is 1. The van der Waals surface area contributed by atoms with Gasteiger partial charge < -0.3 is 5.32 Å². The van der Waals surface area contributed by atoms with Crippen molar-refractivity contribution in [2.24, 2.45) is 0 Å². The van der Waals surface area contributed by atoms with Crippen LogP contribution in [0.25, 0.3) is 11.1 Å². The molecule has 26 heavy (non-hydrogen) atoms. The molecule has 132 valence electrons. The number of pyridine rings is 1. The predicted molar refractivity (Wildman–Crippen MR) is 111 cm³/mol. The number of carbonyl (C=O) groups excluding carboxylic acids is 1. The Bertz CT molecular complexity index is 924. The second kappa shape index (κ2) is 8.54. The van der Waals surface area contributed by atoms with E-state index in [9.17, 15) is 4.79 Å². The zero-order chi connectivity index (χ0) is 18.5. The third-order valence-corrected chi connectivity index (χ3v) is 5.50. The standard InChI is InChI=1S/C20H17ClN2OS2/c1-2-22-20(25)18(19(24)16-10-11-17(21)26-16)23-12-6-9-15(13-23)14-7-4-3-5-8-14/h3-13,18H,2H2,1H3/p+1. The first-order valence-electron chi connectivity index (χ1n) is 8.23. The molecule has 2 heterocycles. The van der Waals surface area contributed by atoms with Crippen LogP contribution in [-0.4, -0.2) is 17.3 Å². The SMILES string of the molecule is CCNC(=S)C(C(=O)c1ccc(Cl)s1)[n+]1cccc(-c2ccccc2)c1. The molecule has 0 fully saturated rings. The molecule has 3 aromatic rings. The average molecular weight is 402 g/mol. The van der Waals surface area contributed by atoms with E-state index < -0.39 is 6.04 Å². The van der Waals surface area contributed by atoms with Crippen LogP contribution < -0.4 is 9.88 Å². The Morgan fingerprint density at radius 1 is 1.15 bits per heavy atom. The van der Waals surface area contributed by atoms with Gasteiger partial charge in [-0.15, -0.1) is 11.3 Å². The van der Waals surface area contributed by atoms with Crippen molar-refractivity contribution in [1.82, 2.24) is 5.32 Å². The Balaban J connectivity index is 2.02. The number of benzene rings is 1. The van der Waals surface area contributed by atoms with Crippen LogP contribution in [0.15, 0.2) is 67.0 Å². The van der Waals surface area contributed by atoms with Crippen molar-refractivity contribution >= 4 is 45.9 Å². The molecule has 0 spiro atoms. The van der Waals surface area contributed by atoms with Gasteiger partial charge in [0.25, 0.3) is 6.04 Å². The monoisotopic (exact) mass is 401 g/mol. The van der Waals surface area contributed by atoms with E-state index >= 15 is 0 Å². The molecule has 0 aliphatic rings. The molecule has 0 aliphatic carbocycles. The molecule has 1 N–H and O–H groups in total. The Morgan fingerprint density at radius 3 is 2.54 bits per heavy atom. The van der Waals surface area contributed by atoms with E-state index in [0.29, 0.717) is 20.7 Å². The quantitative estimate of drug-likeness (QED) is 0.368. The van der Waals surface area contributed by atoms with Crippen molar-refractivity contribution in [2.75, 3.05) is 6.54 Å². The maximum absolute atomic E-state index is 13.1. The zero-order valence-corrected chi connectivity index (χ0v) is 16.6. The van der Waals surface area contributed by atoms with Crippen molar-refractivity contribution in [3.63, 3.8) is 0 Å². The summed E-state index contributed by atoms with van der Waals surface area (Å²) < 4.78 is 2.45. The summed E-state index contributed by atoms with van der Waals surface area (Å²) in [7, 11) is 0. The molecule has 2 aromatic heterocycles. The van der Waals surface area contributed by atoms with E-state index in [0.717, 1.165) is 11.1 Å². The average Bonchev–Trinajstić information content (AvgIpc) is 3.09. The number of nitrogens with one attached hydrogen (secondary N) is 1. The number of thiocarbonyl (C=S) groups is 1. The first-order chi connectivity index (χ1) is 12.6. The van der Waals surface area contributed by atoms with Crippen LogP contribution in [0, 0.1) is 0 Å². The molecular weight excluding hydrogens is 384 g/mol. The van der Waals surface area contributed by atoms with E-state index in [4.69, 9.17) is 23.8 Å². The first kappa shape index (κ1) is 18.7. The van der Waals surface area contributed by atoms with E-state index in [1.807, 2.05) is 66.3 Å². The number of aromatic nitrogens is 1. The van der Waals surface area contributed by atoms with E-state index in [2.05, 4.69) is 5.32 Å². The minimum Gasteiger partial charge on any atom is -0.374 e. The molecule has 0 saturated heterocycles. The summed E-state index contributed by atoms with van der Waals surface area (Å²) in [5.74, 6) is -0.0666. The van der Waals surface area contributed by atoms with Gasteiger partial charge in [-0.1, -0.05) is 54.2 Å². The first-order valence-corrected chi connectivity index (χ1v) is 9.84. The largest absolute Gasteiger partial charge is 0.374 e. The summed E-state index contributed by atoms with van der Waals surface area (Å²) in [6.07, 6.45) is 3.82. The minimum absolute atomic E-state index is 0.0666. The molecule has 0 radical (unpaired) electrons. The lowest BCUT2D eigenvalue weighted by Crippen LogP contribution is -2.51. The number of Topliss-reactive ketones (excluding diaryl/α,β-unsaturated/α-hetero) is 1. The minimum atomic E-state index is -0.608. The third-order valence-electron chi connectivity index (χ3n) is 3.89. The van der Waals surface area contributed by atoms with Crippen molar-refractivity contribution < 1.29 is 9.36 Å². The predicted octanol–water partition coefficient (Wildman–Crippen LogP) is 4.72. The van der Waals surface area contributed by atoms with Gasteiger partial charge in [0, 0.05) is 18.2 Å². The molecule has 1 atom stereocenters. The van der Waals surface area contributed by atoms with Crippen molar-refractivity contribution in [3.8, 4) is 11.1 Å². The highest BCUT2D eigenvalue weighted by atomic mass is 35.5. The van der Waals surface area contributed by atoms with Gasteiger partial charge in [-0.3, -0.25) is 4.79 Å². The van der Waals surface area contributed by atoms with Gasteiger partial charge in [0.05, 0.1) is 9.21 Å². The second-order valence-corrected chi connectivity index (χ2v) is 7.83. The second-order valence-electron chi connectivity index (χ2n) is 5.67. The molecule has 0 bridgehead atoms. The van der Waals surface area contributed by atoms with Gasteiger partial charge in [-0.2, -0.15) is 4.57 Å². The van der Waals surface area contributed by atoms with E-state index in [-0.39, 0.29) is 5.78 Å². The number of carbonyl (C=O) groups is 1. The molecule has 0 aliphatic heterocycles. The molecular formula is C20H18ClN2OS2+. The van der Waals surface area contributed by atoms with Gasteiger partial charge in [0.15, 0.2) is 17.4 Å². The van der Waals surface area contributed by atoms with E-state index in [1.54, 1.807) is 12.1 Å². The summed E-state index contributed by atoms with van der Waals surface area (Å²) in [5.41, 5.74) is 2.11. The van der Waals surface area contributed by atoms with Gasteiger partial charge in [0.1, 0.15) is 0 Å². The highest BCUT2D eigenvalue weighted by Gasteiger charge is 2.34. The van der Waals surface area contributed by atoms with Crippen molar-refractivity contribution in [1.29, 1.82) is 0 Å². The lowest BCUT2D eigenvalue weighted by Gasteiger charge is -2.13. The molecule has 6 heteroatoms. The summed E-state index contributed by atoms with van der Waals surface area (Å²) in [4.78, 5) is 14.2. The van der Waals surface area contributed by atoms with Crippen LogP contribution in [0.2, 0.25) is 4.34 Å². The molecule has 1 aromatic carbocycles. The number of hydrogen-bond acceptors (Lipinski definition) is 3. The van der Waals surface area contributed by atoms with Gasteiger partial charge >= 0.3 is 0 Å². The number of ketones is 1. The fourth-order valence-electron chi connectivity index (χ4n) is 2.70.